The third-order valence-electron chi connectivity index (χ3n) is 4.67. The van der Waals surface area contributed by atoms with Crippen molar-refractivity contribution in [2.75, 3.05) is 26.2 Å². The summed E-state index contributed by atoms with van der Waals surface area (Å²) in [4.78, 5) is 16.4. The summed E-state index contributed by atoms with van der Waals surface area (Å²) in [6, 6.07) is 6.48. The maximum atomic E-state index is 13.3. The smallest absolute Gasteiger partial charge is 0.283 e. The van der Waals surface area contributed by atoms with Crippen LogP contribution < -0.4 is 0 Å². The van der Waals surface area contributed by atoms with Crippen molar-refractivity contribution in [1.82, 2.24) is 19.6 Å². The number of hydrogen-bond donors (Lipinski definition) is 0. The maximum Gasteiger partial charge on any atom is 0.283 e. The number of carbonyl (C=O) groups is 1. The number of alkyl halides is 2. The van der Waals surface area contributed by atoms with Crippen LogP contribution in [0.1, 0.15) is 23.4 Å². The molecule has 146 valence electrons. The number of hydrogen-bond acceptors (Lipinski definition) is 3. The molecular formula is C18H20BrF3N4O. The van der Waals surface area contributed by atoms with E-state index in [-0.39, 0.29) is 28.4 Å². The van der Waals surface area contributed by atoms with Gasteiger partial charge in [0.05, 0.1) is 10.2 Å². The van der Waals surface area contributed by atoms with E-state index >= 15 is 0 Å². The largest absolute Gasteiger partial charge is 0.339 e. The lowest BCUT2D eigenvalue weighted by atomic mass is 10.2. The fourth-order valence-corrected chi connectivity index (χ4v) is 3.58. The molecule has 2 heterocycles. The van der Waals surface area contributed by atoms with E-state index in [0.29, 0.717) is 38.4 Å². The first-order chi connectivity index (χ1) is 12.8. The van der Waals surface area contributed by atoms with E-state index in [1.54, 1.807) is 17.9 Å². The van der Waals surface area contributed by atoms with E-state index in [0.717, 1.165) is 5.56 Å². The number of nitrogens with zero attached hydrogens (tertiary/aromatic N) is 4. The first kappa shape index (κ1) is 19.9. The molecule has 0 N–H and O–H groups in total. The highest BCUT2D eigenvalue weighted by Gasteiger charge is 2.25. The quantitative estimate of drug-likeness (QED) is 0.709. The van der Waals surface area contributed by atoms with Gasteiger partial charge in [0.15, 0.2) is 0 Å². The van der Waals surface area contributed by atoms with Crippen molar-refractivity contribution in [2.45, 2.75) is 26.4 Å². The van der Waals surface area contributed by atoms with E-state index in [1.807, 2.05) is 6.07 Å². The van der Waals surface area contributed by atoms with Gasteiger partial charge in [-0.15, -0.1) is 0 Å². The van der Waals surface area contributed by atoms with Gasteiger partial charge in [-0.3, -0.25) is 14.4 Å². The molecule has 1 fully saturated rings. The lowest BCUT2D eigenvalue weighted by molar-refractivity contribution is -0.133. The Morgan fingerprint density at radius 3 is 2.56 bits per heavy atom. The van der Waals surface area contributed by atoms with Crippen LogP contribution in [0.5, 0.6) is 0 Å². The summed E-state index contributed by atoms with van der Waals surface area (Å²) in [5.74, 6) is -0.412. The van der Waals surface area contributed by atoms with Crippen LogP contribution in [0, 0.1) is 12.7 Å². The second-order valence-electron chi connectivity index (χ2n) is 6.53. The van der Waals surface area contributed by atoms with Crippen molar-refractivity contribution >= 4 is 21.8 Å². The minimum atomic E-state index is -2.69. The van der Waals surface area contributed by atoms with E-state index in [1.165, 1.54) is 16.8 Å². The van der Waals surface area contributed by atoms with Crippen LogP contribution in [0.25, 0.3) is 0 Å². The molecule has 3 rings (SSSR count). The highest BCUT2D eigenvalue weighted by atomic mass is 79.9. The zero-order valence-corrected chi connectivity index (χ0v) is 16.4. The van der Waals surface area contributed by atoms with Crippen molar-refractivity contribution in [2.24, 2.45) is 0 Å². The first-order valence-electron chi connectivity index (χ1n) is 8.60. The van der Waals surface area contributed by atoms with Gasteiger partial charge in [-0.1, -0.05) is 12.1 Å². The minimum absolute atomic E-state index is 0.0684. The van der Waals surface area contributed by atoms with Crippen LogP contribution in [-0.2, 0) is 17.9 Å². The van der Waals surface area contributed by atoms with E-state index in [2.05, 4.69) is 25.9 Å². The molecule has 0 bridgehead atoms. The molecule has 1 saturated heterocycles. The molecule has 0 unspecified atom stereocenters. The number of piperazine rings is 1. The monoisotopic (exact) mass is 444 g/mol. The average Bonchev–Trinajstić information content (AvgIpc) is 2.91. The van der Waals surface area contributed by atoms with Crippen molar-refractivity contribution in [1.29, 1.82) is 0 Å². The van der Waals surface area contributed by atoms with Crippen LogP contribution in [0.2, 0.25) is 0 Å². The van der Waals surface area contributed by atoms with E-state index in [4.69, 9.17) is 0 Å². The van der Waals surface area contributed by atoms with Gasteiger partial charge in [0, 0.05) is 32.7 Å². The molecule has 1 amide bonds. The molecule has 1 aromatic heterocycles. The molecule has 1 aromatic carbocycles. The molecule has 1 aliphatic rings. The Bertz CT molecular complexity index is 819. The lowest BCUT2D eigenvalue weighted by Gasteiger charge is -2.34. The van der Waals surface area contributed by atoms with Crippen LogP contribution in [0.15, 0.2) is 28.7 Å². The second kappa shape index (κ2) is 8.43. The Kier molecular flexibility index (Phi) is 6.21. The Morgan fingerprint density at radius 2 is 1.96 bits per heavy atom. The lowest BCUT2D eigenvalue weighted by Crippen LogP contribution is -2.49. The van der Waals surface area contributed by atoms with E-state index < -0.39 is 6.43 Å². The Hall–Kier alpha value is -1.87. The minimum Gasteiger partial charge on any atom is -0.339 e. The highest BCUT2D eigenvalue weighted by Crippen LogP contribution is 2.29. The van der Waals surface area contributed by atoms with Gasteiger partial charge in [0.2, 0.25) is 5.91 Å². The molecule has 0 spiro atoms. The van der Waals surface area contributed by atoms with Crippen LogP contribution >= 0.6 is 15.9 Å². The van der Waals surface area contributed by atoms with Crippen molar-refractivity contribution in [3.63, 3.8) is 0 Å². The van der Waals surface area contributed by atoms with Crippen LogP contribution in [-0.4, -0.2) is 51.7 Å². The summed E-state index contributed by atoms with van der Waals surface area (Å²) in [7, 11) is 0. The summed E-state index contributed by atoms with van der Waals surface area (Å²) < 4.78 is 40.7. The zero-order valence-electron chi connectivity index (χ0n) is 14.8. The molecule has 27 heavy (non-hydrogen) atoms. The summed E-state index contributed by atoms with van der Waals surface area (Å²) in [5.41, 5.74) is 1.05. The fraction of sp³-hybridized carbons (Fsp3) is 0.444. The standard InChI is InChI=1S/C18H20BrF3N4O/c1-12-16(19)17(18(21)22)23-26(12)11-15(27)25-7-5-24(6-8-25)10-13-3-2-4-14(20)9-13/h2-4,9,18H,5-8,10-11H2,1H3. The molecule has 0 atom stereocenters. The maximum absolute atomic E-state index is 13.3. The van der Waals surface area contributed by atoms with Crippen LogP contribution in [0.4, 0.5) is 13.2 Å². The van der Waals surface area contributed by atoms with Gasteiger partial charge < -0.3 is 4.90 Å². The van der Waals surface area contributed by atoms with Gasteiger partial charge in [0.25, 0.3) is 6.43 Å². The molecule has 1 aliphatic heterocycles. The predicted octanol–water partition coefficient (Wildman–Crippen LogP) is 3.38. The Balaban J connectivity index is 1.55. The van der Waals surface area contributed by atoms with E-state index in [9.17, 15) is 18.0 Å². The average molecular weight is 445 g/mol. The first-order valence-corrected chi connectivity index (χ1v) is 9.40. The number of benzene rings is 1. The van der Waals surface area contributed by atoms with Gasteiger partial charge in [-0.25, -0.2) is 13.2 Å². The number of carbonyl (C=O) groups excluding carboxylic acids is 1. The molecule has 0 aliphatic carbocycles. The SMILES string of the molecule is Cc1c(Br)c(C(F)F)nn1CC(=O)N1CCN(Cc2cccc(F)c2)CC1. The topological polar surface area (TPSA) is 41.4 Å². The van der Waals surface area contributed by atoms with Gasteiger partial charge >= 0.3 is 0 Å². The Morgan fingerprint density at radius 1 is 1.26 bits per heavy atom. The van der Waals surface area contributed by atoms with Gasteiger partial charge in [-0.05, 0) is 40.5 Å². The normalized spacial score (nSPS) is 15.6. The molecular weight excluding hydrogens is 425 g/mol. The van der Waals surface area contributed by atoms with Crippen molar-refractivity contribution in [3.05, 3.63) is 51.5 Å². The highest BCUT2D eigenvalue weighted by molar-refractivity contribution is 9.10. The molecule has 0 saturated carbocycles. The number of amides is 1. The summed E-state index contributed by atoms with van der Waals surface area (Å²) in [6.07, 6.45) is -2.69. The van der Waals surface area contributed by atoms with Gasteiger partial charge in [0.1, 0.15) is 18.1 Å². The summed E-state index contributed by atoms with van der Waals surface area (Å²) >= 11 is 3.11. The summed E-state index contributed by atoms with van der Waals surface area (Å²) in [5, 5.41) is 3.85. The number of halogens is 4. The molecule has 2 aromatic rings. The molecule has 5 nitrogen and oxygen atoms in total. The van der Waals surface area contributed by atoms with Gasteiger partial charge in [-0.2, -0.15) is 5.10 Å². The predicted molar refractivity (Wildman–Crippen MR) is 97.9 cm³/mol. The molecule has 0 radical (unpaired) electrons. The third-order valence-corrected chi connectivity index (χ3v) is 5.65. The second-order valence-corrected chi connectivity index (χ2v) is 7.32. The fourth-order valence-electron chi connectivity index (χ4n) is 3.12. The number of rotatable bonds is 5. The number of aromatic nitrogens is 2. The summed E-state index contributed by atoms with van der Waals surface area (Å²) in [6.45, 7) is 4.63. The Labute approximate surface area is 163 Å². The zero-order chi connectivity index (χ0) is 19.6. The van der Waals surface area contributed by atoms with Crippen molar-refractivity contribution in [3.8, 4) is 0 Å². The third kappa shape index (κ3) is 4.70. The van der Waals surface area contributed by atoms with Crippen molar-refractivity contribution < 1.29 is 18.0 Å². The van der Waals surface area contributed by atoms with Crippen LogP contribution in [0.3, 0.4) is 0 Å². The molecule has 9 heteroatoms.